The lowest BCUT2D eigenvalue weighted by Crippen LogP contribution is -2.29. The van der Waals surface area contributed by atoms with Crippen LogP contribution in [0.4, 0.5) is 0 Å². The molecule has 0 saturated heterocycles. The highest BCUT2D eigenvalue weighted by Gasteiger charge is 2.10. The molecule has 1 aromatic carbocycles. The van der Waals surface area contributed by atoms with Gasteiger partial charge >= 0.3 is 0 Å². The molecule has 0 aromatic heterocycles. The first-order valence-corrected chi connectivity index (χ1v) is 7.21. The number of hydrogen-bond acceptors (Lipinski definition) is 1. The van der Waals surface area contributed by atoms with Crippen LogP contribution in [-0.2, 0) is 6.54 Å². The lowest BCUT2D eigenvalue weighted by molar-refractivity contribution is 0.389. The first-order valence-electron chi connectivity index (χ1n) is 6.83. The van der Waals surface area contributed by atoms with E-state index in [1.807, 2.05) is 12.1 Å². The minimum atomic E-state index is 0. The van der Waals surface area contributed by atoms with Crippen molar-refractivity contribution in [2.24, 2.45) is 0 Å². The maximum Gasteiger partial charge on any atom is 0.0450 e. The largest absolute Gasteiger partial charge is 0.310 e. The van der Waals surface area contributed by atoms with Crippen molar-refractivity contribution in [3.8, 4) is 0 Å². The summed E-state index contributed by atoms with van der Waals surface area (Å²) in [4.78, 5) is 0. The SMILES string of the molecule is Cl.Clc1ccccc1CNC1CCCCCCC1. The van der Waals surface area contributed by atoms with Crippen LogP contribution in [0.1, 0.15) is 50.5 Å². The predicted molar refractivity (Wildman–Crippen MR) is 81.6 cm³/mol. The molecule has 102 valence electrons. The quantitative estimate of drug-likeness (QED) is 0.828. The summed E-state index contributed by atoms with van der Waals surface area (Å²) in [5.41, 5.74) is 1.22. The Balaban J connectivity index is 0.00000162. The fourth-order valence-electron chi connectivity index (χ4n) is 2.56. The van der Waals surface area contributed by atoms with Crippen LogP contribution in [0.25, 0.3) is 0 Å². The molecule has 1 nitrogen and oxygen atoms in total. The summed E-state index contributed by atoms with van der Waals surface area (Å²) >= 11 is 6.16. The molecule has 3 heteroatoms. The van der Waals surface area contributed by atoms with Gasteiger partial charge in [-0.2, -0.15) is 0 Å². The molecule has 1 N–H and O–H groups in total. The van der Waals surface area contributed by atoms with Crippen LogP contribution in [0.3, 0.4) is 0 Å². The third kappa shape index (κ3) is 5.17. The highest BCUT2D eigenvalue weighted by Crippen LogP contribution is 2.19. The Kier molecular flexibility index (Phi) is 7.73. The van der Waals surface area contributed by atoms with Crippen LogP contribution in [-0.4, -0.2) is 6.04 Å². The summed E-state index contributed by atoms with van der Waals surface area (Å²) in [6.45, 7) is 0.907. The van der Waals surface area contributed by atoms with Gasteiger partial charge in [-0.1, -0.05) is 61.9 Å². The summed E-state index contributed by atoms with van der Waals surface area (Å²) in [6.07, 6.45) is 9.64. The maximum absolute atomic E-state index is 6.16. The van der Waals surface area contributed by atoms with Crippen LogP contribution in [0.15, 0.2) is 24.3 Å². The van der Waals surface area contributed by atoms with Crippen molar-refractivity contribution in [3.05, 3.63) is 34.9 Å². The van der Waals surface area contributed by atoms with Crippen molar-refractivity contribution in [2.75, 3.05) is 0 Å². The molecular formula is C15H23Cl2N. The summed E-state index contributed by atoms with van der Waals surface area (Å²) in [7, 11) is 0. The molecule has 0 amide bonds. The van der Waals surface area contributed by atoms with Gasteiger partial charge in [-0.05, 0) is 24.5 Å². The Bertz CT molecular complexity index is 333. The number of rotatable bonds is 3. The van der Waals surface area contributed by atoms with E-state index in [4.69, 9.17) is 11.6 Å². The third-order valence-corrected chi connectivity index (χ3v) is 4.01. The van der Waals surface area contributed by atoms with Crippen molar-refractivity contribution in [1.29, 1.82) is 0 Å². The Morgan fingerprint density at radius 1 is 1.00 bits per heavy atom. The second-order valence-corrected chi connectivity index (χ2v) is 5.42. The van der Waals surface area contributed by atoms with Crippen LogP contribution in [0.5, 0.6) is 0 Å². The highest BCUT2D eigenvalue weighted by atomic mass is 35.5. The molecule has 2 rings (SSSR count). The van der Waals surface area contributed by atoms with E-state index < -0.39 is 0 Å². The van der Waals surface area contributed by atoms with Crippen LogP contribution < -0.4 is 5.32 Å². The standard InChI is InChI=1S/C15H22ClN.ClH/c16-15-11-7-6-8-13(15)12-17-14-9-4-2-1-3-5-10-14;/h6-8,11,14,17H,1-5,9-10,12H2;1H. The molecule has 1 aliphatic rings. The van der Waals surface area contributed by atoms with Crippen LogP contribution >= 0.6 is 24.0 Å². The van der Waals surface area contributed by atoms with Gasteiger partial charge in [0, 0.05) is 17.6 Å². The van der Waals surface area contributed by atoms with Gasteiger partial charge in [-0.15, -0.1) is 12.4 Å². The molecule has 1 aliphatic carbocycles. The fourth-order valence-corrected chi connectivity index (χ4v) is 2.76. The van der Waals surface area contributed by atoms with Gasteiger partial charge in [0.2, 0.25) is 0 Å². The van der Waals surface area contributed by atoms with E-state index in [-0.39, 0.29) is 12.4 Å². The lowest BCUT2D eigenvalue weighted by atomic mass is 9.96. The Labute approximate surface area is 122 Å². The van der Waals surface area contributed by atoms with Crippen LogP contribution in [0.2, 0.25) is 5.02 Å². The first kappa shape index (κ1) is 15.8. The maximum atomic E-state index is 6.16. The molecule has 0 unspecified atom stereocenters. The molecule has 0 heterocycles. The van der Waals surface area contributed by atoms with E-state index in [0.29, 0.717) is 6.04 Å². The third-order valence-electron chi connectivity index (χ3n) is 3.64. The zero-order valence-electron chi connectivity index (χ0n) is 10.8. The summed E-state index contributed by atoms with van der Waals surface area (Å²) in [5.74, 6) is 0. The minimum Gasteiger partial charge on any atom is -0.310 e. The van der Waals surface area contributed by atoms with E-state index in [1.54, 1.807) is 0 Å². The average molecular weight is 288 g/mol. The van der Waals surface area contributed by atoms with Gasteiger partial charge in [-0.25, -0.2) is 0 Å². The average Bonchev–Trinajstić information content (AvgIpc) is 2.29. The van der Waals surface area contributed by atoms with Gasteiger partial charge in [0.25, 0.3) is 0 Å². The summed E-state index contributed by atoms with van der Waals surface area (Å²) in [6, 6.07) is 8.81. The fraction of sp³-hybridized carbons (Fsp3) is 0.600. The van der Waals surface area contributed by atoms with E-state index in [9.17, 15) is 0 Å². The molecule has 0 atom stereocenters. The number of benzene rings is 1. The van der Waals surface area contributed by atoms with Crippen molar-refractivity contribution >= 4 is 24.0 Å². The topological polar surface area (TPSA) is 12.0 Å². The van der Waals surface area contributed by atoms with Crippen LogP contribution in [0, 0.1) is 0 Å². The Morgan fingerprint density at radius 2 is 1.61 bits per heavy atom. The Morgan fingerprint density at radius 3 is 2.28 bits per heavy atom. The molecular weight excluding hydrogens is 265 g/mol. The smallest absolute Gasteiger partial charge is 0.0450 e. The number of halogens is 2. The van der Waals surface area contributed by atoms with Crippen molar-refractivity contribution in [1.82, 2.24) is 5.32 Å². The highest BCUT2D eigenvalue weighted by molar-refractivity contribution is 6.31. The van der Waals surface area contributed by atoms with E-state index in [0.717, 1.165) is 11.6 Å². The van der Waals surface area contributed by atoms with Gasteiger partial charge in [-0.3, -0.25) is 0 Å². The Hall–Kier alpha value is -0.240. The van der Waals surface area contributed by atoms with Crippen molar-refractivity contribution in [2.45, 2.75) is 57.5 Å². The molecule has 0 bridgehead atoms. The molecule has 0 radical (unpaired) electrons. The molecule has 1 saturated carbocycles. The molecule has 1 aromatic rings. The molecule has 18 heavy (non-hydrogen) atoms. The zero-order valence-corrected chi connectivity index (χ0v) is 12.4. The summed E-state index contributed by atoms with van der Waals surface area (Å²) < 4.78 is 0. The molecule has 1 fully saturated rings. The predicted octanol–water partition coefficient (Wildman–Crippen LogP) is 4.96. The van der Waals surface area contributed by atoms with E-state index >= 15 is 0 Å². The number of hydrogen-bond donors (Lipinski definition) is 1. The van der Waals surface area contributed by atoms with Gasteiger partial charge in [0.05, 0.1) is 0 Å². The minimum absolute atomic E-state index is 0. The first-order chi connectivity index (χ1) is 8.36. The second kappa shape index (κ2) is 8.79. The van der Waals surface area contributed by atoms with Crippen molar-refractivity contribution < 1.29 is 0 Å². The van der Waals surface area contributed by atoms with Gasteiger partial charge in [0.1, 0.15) is 0 Å². The molecule has 0 spiro atoms. The van der Waals surface area contributed by atoms with Gasteiger partial charge < -0.3 is 5.32 Å². The normalized spacial score (nSPS) is 17.6. The van der Waals surface area contributed by atoms with Gasteiger partial charge in [0.15, 0.2) is 0 Å². The second-order valence-electron chi connectivity index (χ2n) is 5.01. The van der Waals surface area contributed by atoms with E-state index in [1.165, 1.54) is 50.5 Å². The zero-order chi connectivity index (χ0) is 11.9. The van der Waals surface area contributed by atoms with E-state index in [2.05, 4.69) is 17.4 Å². The number of nitrogens with one attached hydrogen (secondary N) is 1. The molecule has 0 aliphatic heterocycles. The monoisotopic (exact) mass is 287 g/mol. The summed E-state index contributed by atoms with van der Waals surface area (Å²) in [5, 5.41) is 4.54. The lowest BCUT2D eigenvalue weighted by Gasteiger charge is -2.21. The van der Waals surface area contributed by atoms with Crippen molar-refractivity contribution in [3.63, 3.8) is 0 Å².